The molecule has 9 nitrogen and oxygen atoms in total. The van der Waals surface area contributed by atoms with Crippen molar-refractivity contribution in [2.45, 2.75) is 38.4 Å². The van der Waals surface area contributed by atoms with E-state index in [9.17, 15) is 4.79 Å². The number of tetrazole rings is 1. The van der Waals surface area contributed by atoms with Crippen molar-refractivity contribution in [1.82, 2.24) is 34.9 Å². The number of morpholine rings is 1. The van der Waals surface area contributed by atoms with E-state index in [2.05, 4.69) is 49.6 Å². The van der Waals surface area contributed by atoms with E-state index in [0.29, 0.717) is 12.6 Å². The third-order valence-electron chi connectivity index (χ3n) is 6.86. The zero-order valence-corrected chi connectivity index (χ0v) is 18.0. The Hall–Kier alpha value is -2.36. The number of nitrogens with zero attached hydrogens (tertiary/aromatic N) is 7. The summed E-state index contributed by atoms with van der Waals surface area (Å²) in [6.45, 7) is 7.50. The van der Waals surface area contributed by atoms with Crippen LogP contribution in [-0.4, -0.2) is 99.3 Å². The summed E-state index contributed by atoms with van der Waals surface area (Å²) < 4.78 is 7.05. The number of piperazine rings is 1. The summed E-state index contributed by atoms with van der Waals surface area (Å²) in [5.41, 5.74) is 2.99. The summed E-state index contributed by atoms with van der Waals surface area (Å²) in [4.78, 5) is 19.7. The van der Waals surface area contributed by atoms with Gasteiger partial charge in [0.2, 0.25) is 5.91 Å². The monoisotopic (exact) mass is 425 g/mol. The van der Waals surface area contributed by atoms with Crippen LogP contribution in [0.15, 0.2) is 24.3 Å². The van der Waals surface area contributed by atoms with E-state index in [4.69, 9.17) is 4.74 Å². The highest BCUT2D eigenvalue weighted by Gasteiger charge is 2.29. The highest BCUT2D eigenvalue weighted by Crippen LogP contribution is 2.25. The number of hydrogen-bond donors (Lipinski definition) is 0. The van der Waals surface area contributed by atoms with Crippen molar-refractivity contribution in [2.24, 2.45) is 0 Å². The summed E-state index contributed by atoms with van der Waals surface area (Å²) >= 11 is 0. The molecule has 2 aromatic rings. The first kappa shape index (κ1) is 20.5. The number of carbonyl (C=O) groups excluding carboxylic acids is 1. The van der Waals surface area contributed by atoms with E-state index in [0.717, 1.165) is 71.1 Å². The first-order valence-corrected chi connectivity index (χ1v) is 11.4. The maximum absolute atomic E-state index is 12.9. The summed E-state index contributed by atoms with van der Waals surface area (Å²) in [5.74, 6) is 0.846. The van der Waals surface area contributed by atoms with Gasteiger partial charge < -0.3 is 9.64 Å². The van der Waals surface area contributed by atoms with Gasteiger partial charge in [0.05, 0.1) is 19.8 Å². The van der Waals surface area contributed by atoms with Gasteiger partial charge in [-0.05, 0) is 40.8 Å². The number of hydrogen-bond acceptors (Lipinski definition) is 7. The molecule has 1 amide bonds. The van der Waals surface area contributed by atoms with Gasteiger partial charge in [0.1, 0.15) is 6.54 Å². The Balaban J connectivity index is 1.12. The van der Waals surface area contributed by atoms with Crippen LogP contribution >= 0.6 is 0 Å². The maximum atomic E-state index is 12.9. The molecule has 3 heterocycles. The van der Waals surface area contributed by atoms with Gasteiger partial charge in [-0.1, -0.05) is 24.3 Å². The minimum Gasteiger partial charge on any atom is -0.379 e. The average molecular weight is 426 g/mol. The van der Waals surface area contributed by atoms with E-state index in [1.807, 2.05) is 4.90 Å². The van der Waals surface area contributed by atoms with Crippen molar-refractivity contribution in [3.8, 4) is 0 Å². The Morgan fingerprint density at radius 1 is 1.03 bits per heavy atom. The minimum absolute atomic E-state index is 0.101. The lowest BCUT2D eigenvalue weighted by Crippen LogP contribution is -2.53. The maximum Gasteiger partial charge on any atom is 0.244 e. The first-order chi connectivity index (χ1) is 15.3. The molecule has 1 atom stereocenters. The van der Waals surface area contributed by atoms with Gasteiger partial charge >= 0.3 is 0 Å². The number of rotatable bonds is 5. The molecule has 1 aromatic carbocycles. The number of aryl methyl sites for hydroxylation is 1. The van der Waals surface area contributed by atoms with Crippen LogP contribution in [0.3, 0.4) is 0 Å². The molecule has 0 spiro atoms. The Morgan fingerprint density at radius 2 is 1.81 bits per heavy atom. The molecule has 31 heavy (non-hydrogen) atoms. The zero-order valence-electron chi connectivity index (χ0n) is 18.0. The number of aromatic nitrogens is 4. The zero-order chi connectivity index (χ0) is 21.0. The van der Waals surface area contributed by atoms with E-state index < -0.39 is 0 Å². The third-order valence-corrected chi connectivity index (χ3v) is 6.86. The van der Waals surface area contributed by atoms with E-state index in [1.54, 1.807) is 4.68 Å². The van der Waals surface area contributed by atoms with Gasteiger partial charge in [-0.15, -0.1) is 5.10 Å². The lowest BCUT2D eigenvalue weighted by atomic mass is 9.87. The predicted molar refractivity (Wildman–Crippen MR) is 114 cm³/mol. The highest BCUT2D eigenvalue weighted by molar-refractivity contribution is 5.76. The first-order valence-electron chi connectivity index (χ1n) is 11.4. The Labute approximate surface area is 182 Å². The number of carbonyl (C=O) groups is 1. The second-order valence-electron chi connectivity index (χ2n) is 8.72. The number of benzene rings is 1. The normalized spacial score (nSPS) is 23.0. The van der Waals surface area contributed by atoms with E-state index >= 15 is 0 Å². The predicted octanol–water partition coefficient (Wildman–Crippen LogP) is 0.207. The summed E-state index contributed by atoms with van der Waals surface area (Å²) in [5, 5.41) is 12.0. The third kappa shape index (κ3) is 4.78. The molecule has 3 aliphatic rings. The fourth-order valence-corrected chi connectivity index (χ4v) is 4.97. The van der Waals surface area contributed by atoms with Crippen LogP contribution in [0.1, 0.15) is 23.4 Å². The van der Waals surface area contributed by atoms with Crippen LogP contribution < -0.4 is 0 Å². The van der Waals surface area contributed by atoms with Gasteiger partial charge in [0.15, 0.2) is 5.82 Å². The lowest BCUT2D eigenvalue weighted by Gasteiger charge is -2.41. The van der Waals surface area contributed by atoms with Crippen molar-refractivity contribution in [1.29, 1.82) is 0 Å². The molecule has 0 unspecified atom stereocenters. The second kappa shape index (κ2) is 9.42. The quantitative estimate of drug-likeness (QED) is 0.677. The molecule has 1 aliphatic carbocycles. The average Bonchev–Trinajstić information content (AvgIpc) is 3.26. The molecule has 166 valence electrons. The largest absolute Gasteiger partial charge is 0.379 e. The van der Waals surface area contributed by atoms with Gasteiger partial charge in [-0.25, -0.2) is 4.68 Å². The van der Waals surface area contributed by atoms with Gasteiger partial charge in [0, 0.05) is 45.3 Å². The van der Waals surface area contributed by atoms with Gasteiger partial charge in [-0.3, -0.25) is 14.6 Å². The molecule has 0 bridgehead atoms. The van der Waals surface area contributed by atoms with Crippen molar-refractivity contribution in [3.05, 3.63) is 41.2 Å². The summed E-state index contributed by atoms with van der Waals surface area (Å²) in [6, 6.07) is 9.40. The number of ether oxygens (including phenoxy) is 1. The van der Waals surface area contributed by atoms with Crippen LogP contribution in [0.5, 0.6) is 0 Å². The minimum atomic E-state index is 0.101. The highest BCUT2D eigenvalue weighted by atomic mass is 16.5. The van der Waals surface area contributed by atoms with Crippen molar-refractivity contribution < 1.29 is 9.53 Å². The van der Waals surface area contributed by atoms with Crippen molar-refractivity contribution >= 4 is 5.91 Å². The van der Waals surface area contributed by atoms with Crippen molar-refractivity contribution in [2.75, 3.05) is 52.5 Å². The van der Waals surface area contributed by atoms with Gasteiger partial charge in [0.25, 0.3) is 0 Å². The molecule has 2 saturated heterocycles. The molecule has 1 aromatic heterocycles. The molecular formula is C22H31N7O2. The van der Waals surface area contributed by atoms with Crippen LogP contribution in [-0.2, 0) is 35.5 Å². The number of fused-ring (bicyclic) bond motifs is 1. The van der Waals surface area contributed by atoms with Gasteiger partial charge in [-0.2, -0.15) is 0 Å². The number of amides is 1. The van der Waals surface area contributed by atoms with Crippen LogP contribution in [0, 0.1) is 0 Å². The molecule has 2 aliphatic heterocycles. The standard InChI is InChI=1S/C22H31N7O2/c30-22(17-29-21(23-24-25-29)16-26-11-13-31-14-12-26)28-9-7-27(8-10-28)20-6-5-18-3-1-2-4-19(18)15-20/h1-4,20H,5-17H2/t20-/m1/s1. The molecule has 2 fully saturated rings. The Kier molecular flexibility index (Phi) is 6.24. The topological polar surface area (TPSA) is 79.6 Å². The van der Waals surface area contributed by atoms with Crippen LogP contribution in [0.4, 0.5) is 0 Å². The molecular weight excluding hydrogens is 394 g/mol. The molecule has 0 radical (unpaired) electrons. The Bertz CT molecular complexity index is 887. The van der Waals surface area contributed by atoms with E-state index in [1.165, 1.54) is 17.5 Å². The molecule has 0 N–H and O–H groups in total. The molecule has 0 saturated carbocycles. The van der Waals surface area contributed by atoms with E-state index in [-0.39, 0.29) is 12.5 Å². The fourth-order valence-electron chi connectivity index (χ4n) is 4.97. The summed E-state index contributed by atoms with van der Waals surface area (Å²) in [7, 11) is 0. The summed E-state index contributed by atoms with van der Waals surface area (Å²) in [6.07, 6.45) is 3.49. The second-order valence-corrected chi connectivity index (χ2v) is 8.72. The van der Waals surface area contributed by atoms with Crippen LogP contribution in [0.2, 0.25) is 0 Å². The van der Waals surface area contributed by atoms with Crippen molar-refractivity contribution in [3.63, 3.8) is 0 Å². The fraction of sp³-hybridized carbons (Fsp3) is 0.636. The lowest BCUT2D eigenvalue weighted by molar-refractivity contribution is -0.134. The van der Waals surface area contributed by atoms with Crippen LogP contribution in [0.25, 0.3) is 0 Å². The molecule has 5 rings (SSSR count). The molecule has 9 heteroatoms. The smallest absolute Gasteiger partial charge is 0.244 e. The SMILES string of the molecule is O=C(Cn1nnnc1CN1CCOCC1)N1CCN([C@@H]2CCc3ccccc3C2)CC1. The Morgan fingerprint density at radius 3 is 2.61 bits per heavy atom.